The quantitative estimate of drug-likeness (QED) is 0.841. The first-order chi connectivity index (χ1) is 8.75. The second-order valence-electron chi connectivity index (χ2n) is 4.62. The smallest absolute Gasteiger partial charge is 0.261 e. The number of hydrogen-bond donors (Lipinski definition) is 1. The minimum atomic E-state index is 0.0457. The molecule has 1 N–H and O–H groups in total. The molecule has 5 heteroatoms. The summed E-state index contributed by atoms with van der Waals surface area (Å²) < 4.78 is 1.00. The Morgan fingerprint density at radius 3 is 2.78 bits per heavy atom. The van der Waals surface area contributed by atoms with Crippen LogP contribution in [-0.4, -0.2) is 37.0 Å². The third kappa shape index (κ3) is 4.37. The monoisotopic (exact) mass is 330 g/mol. The van der Waals surface area contributed by atoms with Gasteiger partial charge in [-0.2, -0.15) is 0 Å². The molecule has 1 aromatic rings. The number of amides is 1. The lowest BCUT2D eigenvalue weighted by molar-refractivity contribution is 0.0955. The van der Waals surface area contributed by atoms with Gasteiger partial charge < -0.3 is 10.2 Å². The van der Waals surface area contributed by atoms with Crippen molar-refractivity contribution in [3.8, 4) is 0 Å². The lowest BCUT2D eigenvalue weighted by Crippen LogP contribution is -2.33. The van der Waals surface area contributed by atoms with E-state index in [-0.39, 0.29) is 5.91 Å². The lowest BCUT2D eigenvalue weighted by atomic mass is 10.1. The number of nitrogens with zero attached hydrogens (tertiary/aromatic N) is 1. The van der Waals surface area contributed by atoms with Gasteiger partial charge in [0.05, 0.1) is 8.66 Å². The fraction of sp³-hybridized carbons (Fsp3) is 0.615. The molecule has 0 unspecified atom stereocenters. The molecule has 18 heavy (non-hydrogen) atoms. The van der Waals surface area contributed by atoms with Crippen molar-refractivity contribution >= 4 is 33.2 Å². The molecule has 0 aromatic carbocycles. The summed E-state index contributed by atoms with van der Waals surface area (Å²) in [5, 5.41) is 2.98. The summed E-state index contributed by atoms with van der Waals surface area (Å²) in [5.41, 5.74) is 0. The van der Waals surface area contributed by atoms with Gasteiger partial charge in [0.1, 0.15) is 0 Å². The van der Waals surface area contributed by atoms with Crippen molar-refractivity contribution in [2.24, 2.45) is 0 Å². The third-order valence-corrected chi connectivity index (χ3v) is 4.80. The molecule has 1 saturated heterocycles. The number of rotatable bonds is 5. The molecular weight excluding hydrogens is 312 g/mol. The molecular formula is C13H19BrN2OS. The van der Waals surface area contributed by atoms with E-state index in [1.165, 1.54) is 43.7 Å². The Morgan fingerprint density at radius 1 is 1.33 bits per heavy atom. The minimum Gasteiger partial charge on any atom is -0.351 e. The molecule has 100 valence electrons. The van der Waals surface area contributed by atoms with E-state index in [9.17, 15) is 4.79 Å². The third-order valence-electron chi connectivity index (χ3n) is 3.18. The van der Waals surface area contributed by atoms with Gasteiger partial charge in [0, 0.05) is 6.54 Å². The van der Waals surface area contributed by atoms with Crippen LogP contribution in [0.4, 0.5) is 0 Å². The number of piperidine rings is 1. The van der Waals surface area contributed by atoms with Crippen LogP contribution >= 0.6 is 27.3 Å². The largest absolute Gasteiger partial charge is 0.351 e. The number of likely N-dealkylation sites (tertiary alicyclic amines) is 1. The number of thiophene rings is 1. The molecule has 1 aliphatic heterocycles. The number of nitrogens with one attached hydrogen (secondary N) is 1. The normalized spacial score (nSPS) is 16.7. The van der Waals surface area contributed by atoms with Gasteiger partial charge in [0.2, 0.25) is 0 Å². The van der Waals surface area contributed by atoms with Crippen molar-refractivity contribution in [2.75, 3.05) is 26.2 Å². The molecule has 2 rings (SSSR count). The molecule has 1 aromatic heterocycles. The van der Waals surface area contributed by atoms with E-state index in [1.807, 2.05) is 12.1 Å². The second-order valence-corrected chi connectivity index (χ2v) is 7.08. The molecule has 1 aliphatic rings. The maximum Gasteiger partial charge on any atom is 0.261 e. The van der Waals surface area contributed by atoms with Gasteiger partial charge in [-0.15, -0.1) is 11.3 Å². The average Bonchev–Trinajstić information content (AvgIpc) is 2.82. The first-order valence-electron chi connectivity index (χ1n) is 6.51. The van der Waals surface area contributed by atoms with Crippen molar-refractivity contribution in [1.29, 1.82) is 0 Å². The van der Waals surface area contributed by atoms with Crippen molar-refractivity contribution < 1.29 is 4.79 Å². The SMILES string of the molecule is O=C(NCCCN1CCCCC1)c1ccc(Br)s1. The van der Waals surface area contributed by atoms with Crippen LogP contribution in [0.15, 0.2) is 15.9 Å². The standard InChI is InChI=1S/C13H19BrN2OS/c14-12-6-5-11(18-12)13(17)15-7-4-10-16-8-2-1-3-9-16/h5-6H,1-4,7-10H2,(H,15,17). The van der Waals surface area contributed by atoms with Crippen molar-refractivity contribution in [2.45, 2.75) is 25.7 Å². The first kappa shape index (κ1) is 14.0. The summed E-state index contributed by atoms with van der Waals surface area (Å²) in [4.78, 5) is 15.0. The van der Waals surface area contributed by atoms with E-state index >= 15 is 0 Å². The maximum atomic E-state index is 11.8. The van der Waals surface area contributed by atoms with Crippen LogP contribution in [0.1, 0.15) is 35.4 Å². The van der Waals surface area contributed by atoms with Crippen LogP contribution in [0.25, 0.3) is 0 Å². The van der Waals surface area contributed by atoms with Gasteiger partial charge in [-0.3, -0.25) is 4.79 Å². The Bertz CT molecular complexity index is 388. The predicted molar refractivity (Wildman–Crippen MR) is 79.3 cm³/mol. The van der Waals surface area contributed by atoms with Gasteiger partial charge in [0.25, 0.3) is 5.91 Å². The first-order valence-corrected chi connectivity index (χ1v) is 8.12. The van der Waals surface area contributed by atoms with Gasteiger partial charge in [-0.25, -0.2) is 0 Å². The van der Waals surface area contributed by atoms with Gasteiger partial charge in [-0.1, -0.05) is 6.42 Å². The Kier molecular flexibility index (Phi) is 5.66. The van der Waals surface area contributed by atoms with Crippen LogP contribution < -0.4 is 5.32 Å². The summed E-state index contributed by atoms with van der Waals surface area (Å²) in [5.74, 6) is 0.0457. The molecule has 1 amide bonds. The fourth-order valence-electron chi connectivity index (χ4n) is 2.21. The van der Waals surface area contributed by atoms with E-state index < -0.39 is 0 Å². The van der Waals surface area contributed by atoms with Crippen LogP contribution in [0.5, 0.6) is 0 Å². The molecule has 0 saturated carbocycles. The zero-order chi connectivity index (χ0) is 12.8. The topological polar surface area (TPSA) is 32.3 Å². The molecule has 1 fully saturated rings. The molecule has 0 radical (unpaired) electrons. The Morgan fingerprint density at radius 2 is 2.11 bits per heavy atom. The summed E-state index contributed by atoms with van der Waals surface area (Å²) in [7, 11) is 0. The summed E-state index contributed by atoms with van der Waals surface area (Å²) in [6, 6.07) is 3.77. The summed E-state index contributed by atoms with van der Waals surface area (Å²) in [6.07, 6.45) is 5.07. The second kappa shape index (κ2) is 7.26. The van der Waals surface area contributed by atoms with Crippen molar-refractivity contribution in [1.82, 2.24) is 10.2 Å². The van der Waals surface area contributed by atoms with E-state index in [1.54, 1.807) is 0 Å². The number of hydrogen-bond acceptors (Lipinski definition) is 3. The van der Waals surface area contributed by atoms with Crippen LogP contribution in [0.2, 0.25) is 0 Å². The van der Waals surface area contributed by atoms with Gasteiger partial charge in [0.15, 0.2) is 0 Å². The summed E-state index contributed by atoms with van der Waals surface area (Å²) in [6.45, 7) is 4.33. The van der Waals surface area contributed by atoms with E-state index in [0.717, 1.165) is 28.2 Å². The molecule has 3 nitrogen and oxygen atoms in total. The zero-order valence-electron chi connectivity index (χ0n) is 10.5. The van der Waals surface area contributed by atoms with Crippen molar-refractivity contribution in [3.63, 3.8) is 0 Å². The number of carbonyl (C=O) groups excluding carboxylic acids is 1. The number of halogens is 1. The average molecular weight is 331 g/mol. The van der Waals surface area contributed by atoms with Gasteiger partial charge >= 0.3 is 0 Å². The molecule has 0 bridgehead atoms. The zero-order valence-corrected chi connectivity index (χ0v) is 12.9. The molecule has 0 aliphatic carbocycles. The summed E-state index contributed by atoms with van der Waals surface area (Å²) >= 11 is 4.84. The lowest BCUT2D eigenvalue weighted by Gasteiger charge is -2.26. The van der Waals surface area contributed by atoms with Crippen LogP contribution in [-0.2, 0) is 0 Å². The molecule has 0 atom stereocenters. The van der Waals surface area contributed by atoms with E-state index in [4.69, 9.17) is 0 Å². The van der Waals surface area contributed by atoms with E-state index in [2.05, 4.69) is 26.1 Å². The molecule has 2 heterocycles. The van der Waals surface area contributed by atoms with Crippen molar-refractivity contribution in [3.05, 3.63) is 20.8 Å². The highest BCUT2D eigenvalue weighted by Crippen LogP contribution is 2.21. The highest BCUT2D eigenvalue weighted by Gasteiger charge is 2.10. The Balaban J connectivity index is 1.61. The Hall–Kier alpha value is -0.390. The minimum absolute atomic E-state index is 0.0457. The van der Waals surface area contributed by atoms with Crippen LogP contribution in [0, 0.1) is 0 Å². The highest BCUT2D eigenvalue weighted by atomic mass is 79.9. The highest BCUT2D eigenvalue weighted by molar-refractivity contribution is 9.11. The predicted octanol–water partition coefficient (Wildman–Crippen LogP) is 3.12. The maximum absolute atomic E-state index is 11.8. The van der Waals surface area contributed by atoms with Gasteiger partial charge in [-0.05, 0) is 67.0 Å². The Labute approximate surface area is 121 Å². The molecule has 0 spiro atoms. The fourth-order valence-corrected chi connectivity index (χ4v) is 3.51. The van der Waals surface area contributed by atoms with E-state index in [0.29, 0.717) is 0 Å². The number of carbonyl (C=O) groups is 1. The van der Waals surface area contributed by atoms with Crippen LogP contribution in [0.3, 0.4) is 0 Å².